The van der Waals surface area contributed by atoms with Gasteiger partial charge in [-0.2, -0.15) is 5.26 Å². The molecule has 1 unspecified atom stereocenters. The number of hydrogen-bond donors (Lipinski definition) is 1. The highest BCUT2D eigenvalue weighted by atomic mass is 35.5. The van der Waals surface area contributed by atoms with Crippen LogP contribution in [0, 0.1) is 11.3 Å². The van der Waals surface area contributed by atoms with Gasteiger partial charge in [0.15, 0.2) is 18.1 Å². The topological polar surface area (TPSA) is 113 Å². The van der Waals surface area contributed by atoms with E-state index in [1.165, 1.54) is 7.11 Å². The van der Waals surface area contributed by atoms with Crippen LogP contribution in [0.15, 0.2) is 84.8 Å². The van der Waals surface area contributed by atoms with E-state index in [4.69, 9.17) is 41.0 Å². The van der Waals surface area contributed by atoms with Gasteiger partial charge < -0.3 is 29.4 Å². The standard InChI is InChI=1S/C28H23ClN2O6/c1-3-12-34-23-11-4-17(13-25(23)33-2)27-21-10-9-20(14-24(21)37-28(31)22(27)15-30)36-26(32)16-35-19-7-5-18(29)6-8-19/h3-11,13-14,27H,1,12,16,31H2,2H3. The number of nitrogens with zero attached hydrogens (tertiary/aromatic N) is 1. The van der Waals surface area contributed by atoms with Gasteiger partial charge in [-0.05, 0) is 48.0 Å². The zero-order valence-electron chi connectivity index (χ0n) is 19.9. The average molecular weight is 519 g/mol. The van der Waals surface area contributed by atoms with Crippen molar-refractivity contribution < 1.29 is 28.5 Å². The summed E-state index contributed by atoms with van der Waals surface area (Å²) >= 11 is 5.85. The first-order chi connectivity index (χ1) is 17.9. The van der Waals surface area contributed by atoms with E-state index in [9.17, 15) is 10.1 Å². The predicted molar refractivity (Wildman–Crippen MR) is 137 cm³/mol. The Hall–Kier alpha value is -4.61. The summed E-state index contributed by atoms with van der Waals surface area (Å²) in [4.78, 5) is 12.3. The summed E-state index contributed by atoms with van der Waals surface area (Å²) < 4.78 is 27.7. The molecule has 0 spiro atoms. The van der Waals surface area contributed by atoms with Crippen LogP contribution in [0.25, 0.3) is 0 Å². The minimum atomic E-state index is -0.608. The van der Waals surface area contributed by atoms with Crippen molar-refractivity contribution in [3.63, 3.8) is 0 Å². The lowest BCUT2D eigenvalue weighted by molar-refractivity contribution is -0.136. The summed E-state index contributed by atoms with van der Waals surface area (Å²) in [5, 5.41) is 10.4. The normalized spacial score (nSPS) is 14.0. The van der Waals surface area contributed by atoms with Crippen molar-refractivity contribution in [1.29, 1.82) is 5.26 Å². The number of carbonyl (C=O) groups excluding carboxylic acids is 1. The highest BCUT2D eigenvalue weighted by molar-refractivity contribution is 6.30. The van der Waals surface area contributed by atoms with Crippen molar-refractivity contribution in [2.75, 3.05) is 20.3 Å². The minimum absolute atomic E-state index is 0.0412. The van der Waals surface area contributed by atoms with Crippen LogP contribution in [0.3, 0.4) is 0 Å². The van der Waals surface area contributed by atoms with E-state index in [2.05, 4.69) is 12.6 Å². The number of hydrogen-bond acceptors (Lipinski definition) is 8. The van der Waals surface area contributed by atoms with Crippen molar-refractivity contribution in [3.8, 4) is 34.8 Å². The molecule has 0 fully saturated rings. The summed E-state index contributed by atoms with van der Waals surface area (Å²) in [6.45, 7) is 3.67. The molecule has 3 aromatic rings. The molecule has 9 heteroatoms. The van der Waals surface area contributed by atoms with Crippen molar-refractivity contribution in [1.82, 2.24) is 0 Å². The number of ether oxygens (including phenoxy) is 5. The van der Waals surface area contributed by atoms with Gasteiger partial charge in [-0.25, -0.2) is 4.79 Å². The molecular formula is C28H23ClN2O6. The Bertz CT molecular complexity index is 1390. The number of methoxy groups -OCH3 is 1. The van der Waals surface area contributed by atoms with E-state index in [-0.39, 0.29) is 23.8 Å². The van der Waals surface area contributed by atoms with Crippen LogP contribution in [-0.4, -0.2) is 26.3 Å². The molecule has 4 rings (SSSR count). The first kappa shape index (κ1) is 25.5. The third kappa shape index (κ3) is 5.80. The van der Waals surface area contributed by atoms with Gasteiger partial charge in [0.2, 0.25) is 5.88 Å². The number of carbonyl (C=O) groups is 1. The third-order valence-electron chi connectivity index (χ3n) is 5.47. The second kappa shape index (κ2) is 11.4. The second-order valence-electron chi connectivity index (χ2n) is 7.85. The molecule has 1 aliphatic rings. The molecule has 2 N–H and O–H groups in total. The monoisotopic (exact) mass is 518 g/mol. The lowest BCUT2D eigenvalue weighted by atomic mass is 9.83. The SMILES string of the molecule is C=CCOc1ccc(C2C(C#N)=C(N)Oc3cc(OC(=O)COc4ccc(Cl)cc4)ccc32)cc1OC. The quantitative estimate of drug-likeness (QED) is 0.236. The number of rotatable bonds is 9. The highest BCUT2D eigenvalue weighted by Gasteiger charge is 2.31. The number of allylic oxidation sites excluding steroid dienone is 1. The van der Waals surface area contributed by atoms with Crippen molar-refractivity contribution in [3.05, 3.63) is 101 Å². The molecule has 3 aromatic carbocycles. The molecule has 1 heterocycles. The molecule has 1 aliphatic heterocycles. The van der Waals surface area contributed by atoms with E-state index in [1.54, 1.807) is 60.7 Å². The maximum absolute atomic E-state index is 12.3. The fourth-order valence-corrected chi connectivity index (χ4v) is 3.93. The number of esters is 1. The summed E-state index contributed by atoms with van der Waals surface area (Å²) in [6, 6.07) is 19.0. The Balaban J connectivity index is 1.57. The molecule has 0 aromatic heterocycles. The van der Waals surface area contributed by atoms with Gasteiger partial charge in [0, 0.05) is 16.7 Å². The maximum Gasteiger partial charge on any atom is 0.349 e. The first-order valence-electron chi connectivity index (χ1n) is 11.2. The van der Waals surface area contributed by atoms with Gasteiger partial charge in [-0.3, -0.25) is 0 Å². The maximum atomic E-state index is 12.3. The number of nitriles is 1. The molecule has 0 aliphatic carbocycles. The summed E-state index contributed by atoms with van der Waals surface area (Å²) in [6.07, 6.45) is 1.63. The summed E-state index contributed by atoms with van der Waals surface area (Å²) in [5.74, 6) is 0.929. The largest absolute Gasteiger partial charge is 0.493 e. The highest BCUT2D eigenvalue weighted by Crippen LogP contribution is 2.45. The Morgan fingerprint density at radius 3 is 2.57 bits per heavy atom. The van der Waals surface area contributed by atoms with Gasteiger partial charge in [-0.15, -0.1) is 0 Å². The van der Waals surface area contributed by atoms with Crippen molar-refractivity contribution in [2.24, 2.45) is 5.73 Å². The lowest BCUT2D eigenvalue weighted by Crippen LogP contribution is -2.21. The number of nitrogens with two attached hydrogens (primary N) is 1. The van der Waals surface area contributed by atoms with Gasteiger partial charge in [0.05, 0.1) is 13.0 Å². The van der Waals surface area contributed by atoms with Gasteiger partial charge in [0.25, 0.3) is 0 Å². The molecule has 37 heavy (non-hydrogen) atoms. The smallest absolute Gasteiger partial charge is 0.349 e. The Kier molecular flexibility index (Phi) is 7.86. The molecule has 0 amide bonds. The van der Waals surface area contributed by atoms with Crippen LogP contribution in [0.1, 0.15) is 17.0 Å². The zero-order valence-corrected chi connectivity index (χ0v) is 20.7. The van der Waals surface area contributed by atoms with Crippen LogP contribution in [0.5, 0.6) is 28.7 Å². The van der Waals surface area contributed by atoms with Crippen LogP contribution in [0.4, 0.5) is 0 Å². The van der Waals surface area contributed by atoms with Crippen molar-refractivity contribution in [2.45, 2.75) is 5.92 Å². The van der Waals surface area contributed by atoms with E-state index in [0.717, 1.165) is 5.56 Å². The zero-order chi connectivity index (χ0) is 26.4. The minimum Gasteiger partial charge on any atom is -0.493 e. The van der Waals surface area contributed by atoms with E-state index in [1.807, 2.05) is 6.07 Å². The van der Waals surface area contributed by atoms with E-state index in [0.29, 0.717) is 40.2 Å². The molecule has 8 nitrogen and oxygen atoms in total. The van der Waals surface area contributed by atoms with Crippen LogP contribution in [-0.2, 0) is 4.79 Å². The summed E-state index contributed by atoms with van der Waals surface area (Å²) in [5.41, 5.74) is 7.76. The Morgan fingerprint density at radius 2 is 1.86 bits per heavy atom. The van der Waals surface area contributed by atoms with Crippen LogP contribution >= 0.6 is 11.6 Å². The van der Waals surface area contributed by atoms with Crippen LogP contribution < -0.4 is 29.4 Å². The average Bonchev–Trinajstić information content (AvgIpc) is 2.90. The molecule has 0 saturated heterocycles. The fraction of sp³-hybridized carbons (Fsp3) is 0.143. The predicted octanol–water partition coefficient (Wildman–Crippen LogP) is 5.12. The number of halogens is 1. The van der Waals surface area contributed by atoms with Gasteiger partial charge >= 0.3 is 5.97 Å². The molecule has 0 bridgehead atoms. The number of benzene rings is 3. The Labute approximate surface area is 219 Å². The van der Waals surface area contributed by atoms with Gasteiger partial charge in [-0.1, -0.05) is 36.4 Å². The van der Waals surface area contributed by atoms with Crippen molar-refractivity contribution >= 4 is 17.6 Å². The molecule has 0 radical (unpaired) electrons. The third-order valence-corrected chi connectivity index (χ3v) is 5.72. The van der Waals surface area contributed by atoms with Gasteiger partial charge in [0.1, 0.15) is 35.5 Å². The lowest BCUT2D eigenvalue weighted by Gasteiger charge is -2.27. The fourth-order valence-electron chi connectivity index (χ4n) is 3.81. The van der Waals surface area contributed by atoms with Crippen LogP contribution in [0.2, 0.25) is 5.02 Å². The molecule has 188 valence electrons. The number of fused-ring (bicyclic) bond motifs is 1. The summed E-state index contributed by atoms with van der Waals surface area (Å²) in [7, 11) is 1.53. The second-order valence-corrected chi connectivity index (χ2v) is 8.29. The molecular weight excluding hydrogens is 496 g/mol. The van der Waals surface area contributed by atoms with E-state index >= 15 is 0 Å². The first-order valence-corrected chi connectivity index (χ1v) is 11.5. The Morgan fingerprint density at radius 1 is 1.11 bits per heavy atom. The molecule has 0 saturated carbocycles. The van der Waals surface area contributed by atoms with E-state index < -0.39 is 11.9 Å². The molecule has 1 atom stereocenters.